The molecule has 0 saturated carbocycles. The van der Waals surface area contributed by atoms with Crippen molar-refractivity contribution in [1.82, 2.24) is 9.29 Å². The molecular weight excluding hydrogens is 266 g/mol. The monoisotopic (exact) mass is 277 g/mol. The third-order valence-corrected chi connectivity index (χ3v) is 4.30. The second kappa shape index (κ2) is 5.22. The summed E-state index contributed by atoms with van der Waals surface area (Å²) in [5, 5.41) is 8.63. The molecule has 0 bridgehead atoms. The SMILES string of the molecule is CN(Cc1ccco1)S(=O)(=O)c1ccc(C#N)nc1. The van der Waals surface area contributed by atoms with Crippen LogP contribution in [0.15, 0.2) is 46.0 Å². The summed E-state index contributed by atoms with van der Waals surface area (Å²) in [5.41, 5.74) is 0.174. The molecule has 0 aliphatic rings. The highest BCUT2D eigenvalue weighted by Crippen LogP contribution is 2.16. The van der Waals surface area contributed by atoms with E-state index in [9.17, 15) is 8.42 Å². The maximum Gasteiger partial charge on any atom is 0.244 e. The molecule has 98 valence electrons. The Hall–Kier alpha value is -2.17. The van der Waals surface area contributed by atoms with Crippen molar-refractivity contribution in [2.45, 2.75) is 11.4 Å². The van der Waals surface area contributed by atoms with Crippen LogP contribution in [0, 0.1) is 11.3 Å². The van der Waals surface area contributed by atoms with Crippen LogP contribution in [0.5, 0.6) is 0 Å². The lowest BCUT2D eigenvalue weighted by atomic mass is 10.4. The maximum absolute atomic E-state index is 12.2. The van der Waals surface area contributed by atoms with Crippen LogP contribution in [0.2, 0.25) is 0 Å². The smallest absolute Gasteiger partial charge is 0.244 e. The molecule has 2 aromatic heterocycles. The summed E-state index contributed by atoms with van der Waals surface area (Å²) >= 11 is 0. The van der Waals surface area contributed by atoms with Crippen molar-refractivity contribution in [3.63, 3.8) is 0 Å². The topological polar surface area (TPSA) is 87.2 Å². The summed E-state index contributed by atoms with van der Waals surface area (Å²) in [5.74, 6) is 0.549. The first-order valence-electron chi connectivity index (χ1n) is 5.39. The van der Waals surface area contributed by atoms with E-state index in [1.807, 2.05) is 6.07 Å². The van der Waals surface area contributed by atoms with Crippen molar-refractivity contribution in [3.8, 4) is 6.07 Å². The summed E-state index contributed by atoms with van der Waals surface area (Å²) < 4.78 is 30.7. The molecule has 2 rings (SSSR count). The molecular formula is C12H11N3O3S. The highest BCUT2D eigenvalue weighted by Gasteiger charge is 2.22. The highest BCUT2D eigenvalue weighted by molar-refractivity contribution is 7.89. The molecule has 0 N–H and O–H groups in total. The fourth-order valence-corrected chi connectivity index (χ4v) is 2.57. The lowest BCUT2D eigenvalue weighted by molar-refractivity contribution is 0.406. The minimum absolute atomic E-state index is 0.0422. The second-order valence-corrected chi connectivity index (χ2v) is 5.88. The van der Waals surface area contributed by atoms with Gasteiger partial charge in [0.25, 0.3) is 0 Å². The molecule has 7 heteroatoms. The van der Waals surface area contributed by atoms with E-state index in [0.29, 0.717) is 5.76 Å². The van der Waals surface area contributed by atoms with Gasteiger partial charge < -0.3 is 4.42 Å². The molecule has 0 aromatic carbocycles. The largest absolute Gasteiger partial charge is 0.468 e. The molecule has 0 radical (unpaired) electrons. The van der Waals surface area contributed by atoms with Crippen LogP contribution in [0.3, 0.4) is 0 Å². The molecule has 0 aliphatic carbocycles. The first-order chi connectivity index (χ1) is 9.04. The zero-order valence-electron chi connectivity index (χ0n) is 10.1. The molecule has 0 unspecified atom stereocenters. The minimum atomic E-state index is -3.64. The van der Waals surface area contributed by atoms with Gasteiger partial charge in [-0.1, -0.05) is 0 Å². The highest BCUT2D eigenvalue weighted by atomic mass is 32.2. The van der Waals surface area contributed by atoms with E-state index in [0.717, 1.165) is 4.31 Å². The van der Waals surface area contributed by atoms with Crippen LogP contribution >= 0.6 is 0 Å². The normalized spacial score (nSPS) is 11.4. The molecule has 0 atom stereocenters. The first kappa shape index (κ1) is 13.3. The lowest BCUT2D eigenvalue weighted by Crippen LogP contribution is -2.26. The number of hydrogen-bond acceptors (Lipinski definition) is 5. The Labute approximate surface area is 111 Å². The van der Waals surface area contributed by atoms with Gasteiger partial charge in [-0.2, -0.15) is 9.57 Å². The Kier molecular flexibility index (Phi) is 3.64. The van der Waals surface area contributed by atoms with E-state index in [2.05, 4.69) is 4.98 Å². The quantitative estimate of drug-likeness (QED) is 0.842. The predicted molar refractivity (Wildman–Crippen MR) is 66.3 cm³/mol. The number of furan rings is 1. The number of nitriles is 1. The average molecular weight is 277 g/mol. The van der Waals surface area contributed by atoms with Gasteiger partial charge in [-0.3, -0.25) is 0 Å². The van der Waals surface area contributed by atoms with Gasteiger partial charge in [0.05, 0.1) is 12.8 Å². The number of sulfonamides is 1. The van der Waals surface area contributed by atoms with E-state index in [1.165, 1.54) is 31.6 Å². The van der Waals surface area contributed by atoms with Crippen LogP contribution in [0.1, 0.15) is 11.5 Å². The molecule has 19 heavy (non-hydrogen) atoms. The Morgan fingerprint density at radius 3 is 2.74 bits per heavy atom. The van der Waals surface area contributed by atoms with Gasteiger partial charge in [0, 0.05) is 13.2 Å². The third kappa shape index (κ3) is 2.81. The molecule has 0 saturated heterocycles. The van der Waals surface area contributed by atoms with Gasteiger partial charge in [-0.25, -0.2) is 13.4 Å². The lowest BCUT2D eigenvalue weighted by Gasteiger charge is -2.15. The second-order valence-electron chi connectivity index (χ2n) is 3.83. The zero-order chi connectivity index (χ0) is 13.9. The zero-order valence-corrected chi connectivity index (χ0v) is 11.0. The Balaban J connectivity index is 2.23. The Bertz CT molecular complexity index is 685. The van der Waals surface area contributed by atoms with E-state index >= 15 is 0 Å². The fourth-order valence-electron chi connectivity index (χ4n) is 1.49. The van der Waals surface area contributed by atoms with Gasteiger partial charge >= 0.3 is 0 Å². The summed E-state index contributed by atoms with van der Waals surface area (Å²) in [6, 6.07) is 7.96. The Morgan fingerprint density at radius 2 is 2.21 bits per heavy atom. The first-order valence-corrected chi connectivity index (χ1v) is 6.83. The van der Waals surface area contributed by atoms with Crippen molar-refractivity contribution in [2.24, 2.45) is 0 Å². The van der Waals surface area contributed by atoms with E-state index in [1.54, 1.807) is 12.1 Å². The van der Waals surface area contributed by atoms with Crippen LogP contribution in [0.25, 0.3) is 0 Å². The summed E-state index contributed by atoms with van der Waals surface area (Å²) in [4.78, 5) is 3.79. The summed E-state index contributed by atoms with van der Waals surface area (Å²) in [6.45, 7) is 0.134. The molecule has 2 heterocycles. The molecule has 6 nitrogen and oxygen atoms in total. The van der Waals surface area contributed by atoms with Crippen molar-refractivity contribution in [3.05, 3.63) is 48.2 Å². The third-order valence-electron chi connectivity index (χ3n) is 2.52. The molecule has 0 fully saturated rings. The van der Waals surface area contributed by atoms with E-state index in [4.69, 9.17) is 9.68 Å². The number of hydrogen-bond donors (Lipinski definition) is 0. The number of aromatic nitrogens is 1. The summed E-state index contributed by atoms with van der Waals surface area (Å²) in [7, 11) is -2.18. The van der Waals surface area contributed by atoms with Crippen LogP contribution in [-0.4, -0.2) is 24.8 Å². The van der Waals surface area contributed by atoms with Crippen molar-refractivity contribution in [1.29, 1.82) is 5.26 Å². The van der Waals surface area contributed by atoms with Gasteiger partial charge in [-0.15, -0.1) is 0 Å². The van der Waals surface area contributed by atoms with Crippen LogP contribution in [0.4, 0.5) is 0 Å². The fraction of sp³-hybridized carbons (Fsp3) is 0.167. The number of rotatable bonds is 4. The maximum atomic E-state index is 12.2. The average Bonchev–Trinajstić information content (AvgIpc) is 2.91. The van der Waals surface area contributed by atoms with Crippen molar-refractivity contribution < 1.29 is 12.8 Å². The standard InChI is InChI=1S/C12H11N3O3S/c1-15(9-11-3-2-6-18-11)19(16,17)12-5-4-10(7-13)14-8-12/h2-6,8H,9H2,1H3. The Morgan fingerprint density at radius 1 is 1.42 bits per heavy atom. The van der Waals surface area contributed by atoms with Crippen LogP contribution in [-0.2, 0) is 16.6 Å². The predicted octanol–water partition coefficient (Wildman–Crippen LogP) is 1.37. The van der Waals surface area contributed by atoms with E-state index in [-0.39, 0.29) is 17.1 Å². The molecule has 0 amide bonds. The van der Waals surface area contributed by atoms with Crippen molar-refractivity contribution in [2.75, 3.05) is 7.05 Å². The van der Waals surface area contributed by atoms with Gasteiger partial charge in [-0.05, 0) is 24.3 Å². The number of pyridine rings is 1. The minimum Gasteiger partial charge on any atom is -0.468 e. The molecule has 0 spiro atoms. The van der Waals surface area contributed by atoms with Crippen LogP contribution < -0.4 is 0 Å². The van der Waals surface area contributed by atoms with Gasteiger partial charge in [0.2, 0.25) is 10.0 Å². The van der Waals surface area contributed by atoms with E-state index < -0.39 is 10.0 Å². The molecule has 2 aromatic rings. The summed E-state index contributed by atoms with van der Waals surface area (Å²) in [6.07, 6.45) is 2.66. The molecule has 0 aliphatic heterocycles. The van der Waals surface area contributed by atoms with Gasteiger partial charge in [0.15, 0.2) is 0 Å². The van der Waals surface area contributed by atoms with Gasteiger partial charge in [0.1, 0.15) is 22.4 Å². The number of nitrogens with zero attached hydrogens (tertiary/aromatic N) is 3. The van der Waals surface area contributed by atoms with Crippen molar-refractivity contribution >= 4 is 10.0 Å².